The first-order chi connectivity index (χ1) is 23.5. The Hall–Kier alpha value is -5.60. The molecular formula is C46H35NO. The molecule has 0 aromatic heterocycles. The highest BCUT2D eigenvalue weighted by Crippen LogP contribution is 2.51. The maximum Gasteiger partial charge on any atom is 0.192 e. The minimum atomic E-state index is -0.116. The molecule has 1 N–H and O–H groups in total. The Bertz CT molecular complexity index is 2550. The van der Waals surface area contributed by atoms with Crippen molar-refractivity contribution >= 4 is 38.0 Å². The van der Waals surface area contributed by atoms with Crippen molar-refractivity contribution < 1.29 is 4.74 Å². The van der Waals surface area contributed by atoms with Crippen molar-refractivity contribution in [2.75, 3.05) is 5.32 Å². The first-order valence-corrected chi connectivity index (χ1v) is 17.1. The standard InChI is InChI=1S/C46H35NO/c1-46(2)40-27-36(19-21-37(40)39-25-33-11-6-7-12-34(33)26-41(39)46)32-14-8-13-31(23-32)35-18-16-28-15-17-29-20-22-42-44(43(29)38(28)24-35)48-45(47-42)30-9-4-3-5-10-30/h3-4,6-9,11-27,45,47H,5,10H2,1-2H3. The van der Waals surface area contributed by atoms with Crippen molar-refractivity contribution in [1.82, 2.24) is 0 Å². The Kier molecular flexibility index (Phi) is 5.84. The van der Waals surface area contributed by atoms with Crippen LogP contribution in [-0.4, -0.2) is 6.23 Å². The molecule has 2 nitrogen and oxygen atoms in total. The minimum absolute atomic E-state index is 0.0673. The second-order valence-corrected chi connectivity index (χ2v) is 14.1. The van der Waals surface area contributed by atoms with Gasteiger partial charge in [0.2, 0.25) is 0 Å². The molecule has 48 heavy (non-hydrogen) atoms. The van der Waals surface area contributed by atoms with Gasteiger partial charge in [-0.05, 0) is 126 Å². The molecule has 230 valence electrons. The number of ether oxygens (including phenoxy) is 1. The van der Waals surface area contributed by atoms with Gasteiger partial charge in [-0.2, -0.15) is 0 Å². The van der Waals surface area contributed by atoms with Crippen molar-refractivity contribution in [2.45, 2.75) is 38.3 Å². The smallest absolute Gasteiger partial charge is 0.192 e. The van der Waals surface area contributed by atoms with Gasteiger partial charge in [-0.25, -0.2) is 0 Å². The van der Waals surface area contributed by atoms with E-state index in [0.717, 1.165) is 24.3 Å². The summed E-state index contributed by atoms with van der Waals surface area (Å²) < 4.78 is 6.68. The average Bonchev–Trinajstić information content (AvgIpc) is 3.67. The molecule has 1 atom stereocenters. The zero-order chi connectivity index (χ0) is 32.0. The molecule has 10 rings (SSSR count). The first-order valence-electron chi connectivity index (χ1n) is 17.1. The summed E-state index contributed by atoms with van der Waals surface area (Å²) in [4.78, 5) is 0. The van der Waals surface area contributed by atoms with Crippen LogP contribution in [0.1, 0.15) is 37.8 Å². The lowest BCUT2D eigenvalue weighted by Gasteiger charge is -2.22. The molecule has 0 radical (unpaired) electrons. The predicted molar refractivity (Wildman–Crippen MR) is 202 cm³/mol. The lowest BCUT2D eigenvalue weighted by atomic mass is 9.81. The van der Waals surface area contributed by atoms with Gasteiger partial charge >= 0.3 is 0 Å². The summed E-state index contributed by atoms with van der Waals surface area (Å²) in [7, 11) is 0. The van der Waals surface area contributed by atoms with Crippen LogP contribution in [0.5, 0.6) is 5.75 Å². The molecule has 7 aromatic carbocycles. The van der Waals surface area contributed by atoms with Crippen molar-refractivity contribution in [3.8, 4) is 39.1 Å². The Balaban J connectivity index is 1.05. The highest BCUT2D eigenvalue weighted by Gasteiger charge is 2.36. The summed E-state index contributed by atoms with van der Waals surface area (Å²) in [6.45, 7) is 4.74. The van der Waals surface area contributed by atoms with Crippen LogP contribution in [0, 0.1) is 0 Å². The van der Waals surface area contributed by atoms with Crippen LogP contribution in [0.4, 0.5) is 5.69 Å². The third kappa shape index (κ3) is 4.12. The quantitative estimate of drug-likeness (QED) is 0.199. The normalized spacial score (nSPS) is 17.1. The van der Waals surface area contributed by atoms with Gasteiger partial charge in [-0.3, -0.25) is 0 Å². The molecule has 3 aliphatic rings. The van der Waals surface area contributed by atoms with E-state index in [2.05, 4.69) is 159 Å². The van der Waals surface area contributed by atoms with E-state index < -0.39 is 0 Å². The first kappa shape index (κ1) is 27.5. The molecule has 0 spiro atoms. The summed E-state index contributed by atoms with van der Waals surface area (Å²) in [5.41, 5.74) is 12.7. The van der Waals surface area contributed by atoms with E-state index in [9.17, 15) is 0 Å². The maximum atomic E-state index is 6.68. The fourth-order valence-corrected chi connectivity index (χ4v) is 8.30. The zero-order valence-electron chi connectivity index (χ0n) is 27.2. The van der Waals surface area contributed by atoms with E-state index in [4.69, 9.17) is 4.74 Å². The van der Waals surface area contributed by atoms with Crippen LogP contribution in [0.2, 0.25) is 0 Å². The Morgan fingerprint density at radius 2 is 1.33 bits per heavy atom. The molecule has 0 amide bonds. The second kappa shape index (κ2) is 10.2. The number of allylic oxidation sites excluding steroid dienone is 3. The minimum Gasteiger partial charge on any atom is -0.464 e. The highest BCUT2D eigenvalue weighted by molar-refractivity contribution is 6.14. The number of benzene rings is 7. The lowest BCUT2D eigenvalue weighted by molar-refractivity contribution is 0.287. The number of rotatable bonds is 3. The van der Waals surface area contributed by atoms with Crippen LogP contribution < -0.4 is 10.1 Å². The monoisotopic (exact) mass is 617 g/mol. The Morgan fingerprint density at radius 3 is 2.17 bits per heavy atom. The third-order valence-electron chi connectivity index (χ3n) is 10.9. The van der Waals surface area contributed by atoms with Crippen molar-refractivity contribution in [1.29, 1.82) is 0 Å². The van der Waals surface area contributed by atoms with Gasteiger partial charge in [0.15, 0.2) is 12.0 Å². The van der Waals surface area contributed by atoms with Crippen LogP contribution in [0.3, 0.4) is 0 Å². The summed E-state index contributed by atoms with van der Waals surface area (Å²) in [5.74, 6) is 0.958. The molecule has 0 bridgehead atoms. The van der Waals surface area contributed by atoms with Crippen molar-refractivity contribution in [2.24, 2.45) is 0 Å². The van der Waals surface area contributed by atoms with Gasteiger partial charge < -0.3 is 10.1 Å². The number of anilines is 1. The fourth-order valence-electron chi connectivity index (χ4n) is 8.30. The highest BCUT2D eigenvalue weighted by atomic mass is 16.5. The maximum absolute atomic E-state index is 6.68. The Labute approximate surface area is 281 Å². The topological polar surface area (TPSA) is 21.3 Å². The molecule has 0 fully saturated rings. The molecule has 1 aliphatic heterocycles. The SMILES string of the molecule is CC1(C)c2cc(-c3cccc(-c4ccc5ccc6ccc7c(c6c5c4)OC(C4=CC=CCC4)N7)c3)ccc2-c2cc3ccccc3cc21. The molecule has 1 heterocycles. The molecule has 2 heteroatoms. The molecule has 7 aromatic rings. The number of hydrogen-bond acceptors (Lipinski definition) is 2. The lowest BCUT2D eigenvalue weighted by Crippen LogP contribution is -2.23. The number of hydrogen-bond donors (Lipinski definition) is 1. The van der Waals surface area contributed by atoms with E-state index in [1.165, 1.54) is 82.4 Å². The molecular weight excluding hydrogens is 583 g/mol. The van der Waals surface area contributed by atoms with E-state index in [-0.39, 0.29) is 11.6 Å². The third-order valence-corrected chi connectivity index (χ3v) is 10.9. The van der Waals surface area contributed by atoms with Crippen LogP contribution in [0.15, 0.2) is 145 Å². The van der Waals surface area contributed by atoms with E-state index in [1.807, 2.05) is 0 Å². The van der Waals surface area contributed by atoms with Gasteiger partial charge in [0.25, 0.3) is 0 Å². The zero-order valence-corrected chi connectivity index (χ0v) is 27.2. The van der Waals surface area contributed by atoms with Gasteiger partial charge in [-0.15, -0.1) is 0 Å². The van der Waals surface area contributed by atoms with Gasteiger partial charge in [-0.1, -0.05) is 117 Å². The van der Waals surface area contributed by atoms with Gasteiger partial charge in [0, 0.05) is 10.8 Å². The van der Waals surface area contributed by atoms with E-state index in [0.29, 0.717) is 0 Å². The predicted octanol–water partition coefficient (Wildman–Crippen LogP) is 12.2. The van der Waals surface area contributed by atoms with Crippen molar-refractivity contribution in [3.63, 3.8) is 0 Å². The van der Waals surface area contributed by atoms with Crippen LogP contribution >= 0.6 is 0 Å². The Morgan fingerprint density at radius 1 is 0.625 bits per heavy atom. The molecule has 2 aliphatic carbocycles. The largest absolute Gasteiger partial charge is 0.464 e. The van der Waals surface area contributed by atoms with Gasteiger partial charge in [0.1, 0.15) is 0 Å². The molecule has 0 saturated heterocycles. The average molecular weight is 618 g/mol. The fraction of sp³-hybridized carbons (Fsp3) is 0.130. The second-order valence-electron chi connectivity index (χ2n) is 14.1. The molecule has 0 saturated carbocycles. The number of fused-ring (bicyclic) bond motifs is 9. The van der Waals surface area contributed by atoms with Crippen LogP contribution in [0.25, 0.3) is 65.7 Å². The van der Waals surface area contributed by atoms with E-state index >= 15 is 0 Å². The summed E-state index contributed by atoms with van der Waals surface area (Å²) in [6.07, 6.45) is 8.52. The van der Waals surface area contributed by atoms with Crippen LogP contribution in [-0.2, 0) is 5.41 Å². The van der Waals surface area contributed by atoms with E-state index in [1.54, 1.807) is 0 Å². The summed E-state index contributed by atoms with van der Waals surface area (Å²) in [6, 6.07) is 45.2. The van der Waals surface area contributed by atoms with Crippen molar-refractivity contribution in [3.05, 3.63) is 156 Å². The van der Waals surface area contributed by atoms with Gasteiger partial charge in [0.05, 0.1) is 5.69 Å². The summed E-state index contributed by atoms with van der Waals surface area (Å²) in [5, 5.41) is 11.1. The summed E-state index contributed by atoms with van der Waals surface area (Å²) >= 11 is 0. The number of nitrogens with one attached hydrogen (secondary N) is 1. The molecule has 1 unspecified atom stereocenters.